The summed E-state index contributed by atoms with van der Waals surface area (Å²) in [5.41, 5.74) is 0.856. The van der Waals surface area contributed by atoms with Crippen LogP contribution in [0.2, 0.25) is 0 Å². The molecule has 4 heteroatoms. The molecule has 1 aromatic rings. The lowest BCUT2D eigenvalue weighted by atomic mass is 9.94. The maximum Gasteiger partial charge on any atom is 0.246 e. The van der Waals surface area contributed by atoms with Crippen molar-refractivity contribution in [2.24, 2.45) is 0 Å². The summed E-state index contributed by atoms with van der Waals surface area (Å²) in [6.45, 7) is 1.73. The largest absolute Gasteiger partial charge is 0.331 e. The van der Waals surface area contributed by atoms with Crippen molar-refractivity contribution in [1.82, 2.24) is 4.90 Å². The maximum absolute atomic E-state index is 12.4. The van der Waals surface area contributed by atoms with Gasteiger partial charge in [-0.3, -0.25) is 9.59 Å². The van der Waals surface area contributed by atoms with Crippen LogP contribution in [0.3, 0.4) is 0 Å². The van der Waals surface area contributed by atoms with Gasteiger partial charge in [-0.1, -0.05) is 37.5 Å². The van der Waals surface area contributed by atoms with Gasteiger partial charge in [0, 0.05) is 25.7 Å². The lowest BCUT2D eigenvalue weighted by Crippen LogP contribution is -2.46. The molecule has 0 spiro atoms. The van der Waals surface area contributed by atoms with Gasteiger partial charge in [0.2, 0.25) is 11.8 Å². The van der Waals surface area contributed by atoms with Crippen molar-refractivity contribution in [3.05, 3.63) is 30.3 Å². The van der Waals surface area contributed by atoms with E-state index in [1.54, 1.807) is 23.8 Å². The quantitative estimate of drug-likeness (QED) is 0.855. The molecule has 0 bridgehead atoms. The van der Waals surface area contributed by atoms with Crippen LogP contribution in [0.15, 0.2) is 30.3 Å². The molecule has 0 saturated heterocycles. The molecule has 1 aliphatic rings. The van der Waals surface area contributed by atoms with Gasteiger partial charge in [0.15, 0.2) is 0 Å². The van der Waals surface area contributed by atoms with Crippen LogP contribution in [-0.2, 0) is 9.59 Å². The van der Waals surface area contributed by atoms with Crippen LogP contribution < -0.4 is 4.90 Å². The zero-order chi connectivity index (χ0) is 15.2. The first-order valence-corrected chi connectivity index (χ1v) is 7.68. The molecular formula is C17H24N2O2. The van der Waals surface area contributed by atoms with E-state index in [9.17, 15) is 9.59 Å². The van der Waals surface area contributed by atoms with Crippen LogP contribution in [0.1, 0.15) is 39.0 Å². The number of nitrogens with zero attached hydrogens (tertiary/aromatic N) is 2. The van der Waals surface area contributed by atoms with E-state index in [-0.39, 0.29) is 24.4 Å². The molecule has 2 amide bonds. The van der Waals surface area contributed by atoms with Gasteiger partial charge >= 0.3 is 0 Å². The van der Waals surface area contributed by atoms with Gasteiger partial charge in [-0.15, -0.1) is 0 Å². The molecule has 0 atom stereocenters. The average Bonchev–Trinajstić information content (AvgIpc) is 2.53. The second-order valence-electron chi connectivity index (χ2n) is 5.73. The summed E-state index contributed by atoms with van der Waals surface area (Å²) in [6.07, 6.45) is 5.57. The molecule has 0 aliphatic heterocycles. The number of benzene rings is 1. The molecule has 0 radical (unpaired) electrons. The summed E-state index contributed by atoms with van der Waals surface area (Å²) in [5.74, 6) is -0.0429. The molecule has 114 valence electrons. The van der Waals surface area contributed by atoms with Gasteiger partial charge in [0.1, 0.15) is 6.54 Å². The van der Waals surface area contributed by atoms with Crippen molar-refractivity contribution in [2.45, 2.75) is 45.1 Å². The normalized spacial score (nSPS) is 15.5. The summed E-state index contributed by atoms with van der Waals surface area (Å²) in [6, 6.07) is 9.76. The number of carbonyl (C=O) groups excluding carboxylic acids is 2. The molecule has 0 heterocycles. The fourth-order valence-corrected chi connectivity index (χ4v) is 2.94. The van der Waals surface area contributed by atoms with Crippen LogP contribution in [0, 0.1) is 0 Å². The lowest BCUT2D eigenvalue weighted by molar-refractivity contribution is -0.136. The molecule has 1 aromatic carbocycles. The van der Waals surface area contributed by atoms with E-state index in [0.717, 1.165) is 31.4 Å². The molecular weight excluding hydrogens is 264 g/mol. The van der Waals surface area contributed by atoms with Gasteiger partial charge in [0.05, 0.1) is 0 Å². The van der Waals surface area contributed by atoms with E-state index in [1.807, 2.05) is 30.3 Å². The second-order valence-corrected chi connectivity index (χ2v) is 5.73. The Hall–Kier alpha value is -1.84. The molecule has 21 heavy (non-hydrogen) atoms. The third-order valence-electron chi connectivity index (χ3n) is 4.24. The number of likely N-dealkylation sites (N-methyl/N-ethyl adjacent to an activating group) is 1. The smallest absolute Gasteiger partial charge is 0.246 e. The van der Waals surface area contributed by atoms with Crippen molar-refractivity contribution in [3.63, 3.8) is 0 Å². The van der Waals surface area contributed by atoms with E-state index in [2.05, 4.69) is 0 Å². The minimum atomic E-state index is -0.0398. The third-order valence-corrected chi connectivity index (χ3v) is 4.24. The van der Waals surface area contributed by atoms with E-state index in [0.29, 0.717) is 0 Å². The van der Waals surface area contributed by atoms with Crippen LogP contribution in [0.25, 0.3) is 0 Å². The SMILES string of the molecule is CC(=O)N(CC(=O)N(C)c1ccccc1)C1CCCCC1. The fraction of sp³-hybridized carbons (Fsp3) is 0.529. The molecule has 0 aromatic heterocycles. The monoisotopic (exact) mass is 288 g/mol. The van der Waals surface area contributed by atoms with Crippen molar-refractivity contribution in [2.75, 3.05) is 18.5 Å². The van der Waals surface area contributed by atoms with Crippen molar-refractivity contribution in [1.29, 1.82) is 0 Å². The molecule has 1 fully saturated rings. The van der Waals surface area contributed by atoms with Crippen LogP contribution in [0.5, 0.6) is 0 Å². The summed E-state index contributed by atoms with van der Waals surface area (Å²) in [5, 5.41) is 0. The highest BCUT2D eigenvalue weighted by Crippen LogP contribution is 2.23. The Labute approximate surface area is 126 Å². The first kappa shape index (κ1) is 15.5. The first-order chi connectivity index (χ1) is 10.1. The second kappa shape index (κ2) is 7.25. The Morgan fingerprint density at radius 1 is 1.10 bits per heavy atom. The fourth-order valence-electron chi connectivity index (χ4n) is 2.94. The van der Waals surface area contributed by atoms with E-state index in [4.69, 9.17) is 0 Å². The highest BCUT2D eigenvalue weighted by atomic mass is 16.2. The van der Waals surface area contributed by atoms with E-state index >= 15 is 0 Å². The number of rotatable bonds is 4. The first-order valence-electron chi connectivity index (χ1n) is 7.68. The standard InChI is InChI=1S/C17H24N2O2/c1-14(20)19(16-11-7-4-8-12-16)13-17(21)18(2)15-9-5-3-6-10-15/h3,5-6,9-10,16H,4,7-8,11-13H2,1-2H3. The van der Waals surface area contributed by atoms with Crippen molar-refractivity contribution < 1.29 is 9.59 Å². The molecule has 0 N–H and O–H groups in total. The summed E-state index contributed by atoms with van der Waals surface area (Å²) in [7, 11) is 1.76. The summed E-state index contributed by atoms with van der Waals surface area (Å²) in [4.78, 5) is 27.7. The molecule has 0 unspecified atom stereocenters. The highest BCUT2D eigenvalue weighted by molar-refractivity contribution is 5.96. The van der Waals surface area contributed by atoms with Crippen molar-refractivity contribution >= 4 is 17.5 Å². The van der Waals surface area contributed by atoms with Gasteiger partial charge in [-0.05, 0) is 25.0 Å². The average molecular weight is 288 g/mol. The number of carbonyl (C=O) groups is 2. The van der Waals surface area contributed by atoms with Crippen LogP contribution >= 0.6 is 0 Å². The molecule has 4 nitrogen and oxygen atoms in total. The molecule has 1 aliphatic carbocycles. The Kier molecular flexibility index (Phi) is 5.37. The van der Waals surface area contributed by atoms with E-state index in [1.165, 1.54) is 6.42 Å². The lowest BCUT2D eigenvalue weighted by Gasteiger charge is -2.34. The predicted octanol–water partition coefficient (Wildman–Crippen LogP) is 2.83. The van der Waals surface area contributed by atoms with Gasteiger partial charge in [0.25, 0.3) is 0 Å². The zero-order valence-corrected chi connectivity index (χ0v) is 12.9. The number of anilines is 1. The topological polar surface area (TPSA) is 40.6 Å². The minimum absolute atomic E-state index is 0.00304. The number of hydrogen-bond acceptors (Lipinski definition) is 2. The van der Waals surface area contributed by atoms with Crippen LogP contribution in [-0.4, -0.2) is 36.3 Å². The summed E-state index contributed by atoms with van der Waals surface area (Å²) < 4.78 is 0. The Balaban J connectivity index is 2.02. The maximum atomic E-state index is 12.4. The highest BCUT2D eigenvalue weighted by Gasteiger charge is 2.26. The van der Waals surface area contributed by atoms with E-state index < -0.39 is 0 Å². The van der Waals surface area contributed by atoms with Gasteiger partial charge in [-0.25, -0.2) is 0 Å². The van der Waals surface area contributed by atoms with Gasteiger partial charge in [-0.2, -0.15) is 0 Å². The Morgan fingerprint density at radius 2 is 1.71 bits per heavy atom. The summed E-state index contributed by atoms with van der Waals surface area (Å²) >= 11 is 0. The van der Waals surface area contributed by atoms with Crippen LogP contribution in [0.4, 0.5) is 5.69 Å². The zero-order valence-electron chi connectivity index (χ0n) is 12.9. The minimum Gasteiger partial charge on any atom is -0.331 e. The Bertz CT molecular complexity index is 481. The van der Waals surface area contributed by atoms with Gasteiger partial charge < -0.3 is 9.80 Å². The molecule has 2 rings (SSSR count). The predicted molar refractivity (Wildman–Crippen MR) is 84.1 cm³/mol. The van der Waals surface area contributed by atoms with Crippen molar-refractivity contribution in [3.8, 4) is 0 Å². The number of para-hydroxylation sites is 1. The number of hydrogen-bond donors (Lipinski definition) is 0. The number of amides is 2. The molecule has 1 saturated carbocycles. The third kappa shape index (κ3) is 4.06. The Morgan fingerprint density at radius 3 is 2.29 bits per heavy atom.